The van der Waals surface area contributed by atoms with Crippen LogP contribution in [0.1, 0.15) is 41.4 Å². The molecule has 2 heterocycles. The first-order valence-corrected chi connectivity index (χ1v) is 11.5. The van der Waals surface area contributed by atoms with E-state index in [1.165, 1.54) is 60.7 Å². The normalized spacial score (nSPS) is 14.1. The first-order chi connectivity index (χ1) is 18.7. The van der Waals surface area contributed by atoms with Crippen LogP contribution in [0.15, 0.2) is 84.9 Å². The Kier molecular flexibility index (Phi) is 5.21. The van der Waals surface area contributed by atoms with Crippen LogP contribution in [0.3, 0.4) is 0 Å². The van der Waals surface area contributed by atoms with Gasteiger partial charge in [0.2, 0.25) is 0 Å². The second-order valence-corrected chi connectivity index (χ2v) is 8.71. The molecule has 39 heavy (non-hydrogen) atoms. The number of benzene rings is 4. The number of ether oxygens (including phenoxy) is 1. The maximum atomic E-state index is 13.0. The number of imide groups is 2. The largest absolute Gasteiger partial charge is 0.508 e. The van der Waals surface area contributed by atoms with E-state index in [4.69, 9.17) is 4.74 Å². The number of hydrogen-bond donors (Lipinski definition) is 1. The third kappa shape index (κ3) is 3.76. The second-order valence-electron chi connectivity index (χ2n) is 8.71. The Labute approximate surface area is 219 Å². The van der Waals surface area contributed by atoms with Gasteiger partial charge in [-0.3, -0.25) is 29.3 Å². The Balaban J connectivity index is 1.27. The Hall–Kier alpha value is -5.84. The number of nitrogens with zero attached hydrogens (tertiary/aromatic N) is 3. The fourth-order valence-electron chi connectivity index (χ4n) is 4.55. The molecule has 0 aliphatic carbocycles. The number of phenolic OH excluding ortho intramolecular Hbond substituents is 1. The molecule has 2 aliphatic rings. The average molecular weight is 521 g/mol. The van der Waals surface area contributed by atoms with Crippen LogP contribution in [0.25, 0.3) is 0 Å². The van der Waals surface area contributed by atoms with E-state index in [0.717, 1.165) is 21.9 Å². The van der Waals surface area contributed by atoms with Crippen molar-refractivity contribution >= 4 is 40.7 Å². The van der Waals surface area contributed by atoms with E-state index >= 15 is 0 Å². The number of amides is 4. The van der Waals surface area contributed by atoms with Gasteiger partial charge in [-0.25, -0.2) is 9.80 Å². The molecule has 0 unspecified atom stereocenters. The number of nitro groups is 1. The highest BCUT2D eigenvalue weighted by atomic mass is 16.6. The van der Waals surface area contributed by atoms with Gasteiger partial charge in [-0.1, -0.05) is 12.1 Å². The summed E-state index contributed by atoms with van der Waals surface area (Å²) >= 11 is 0. The van der Waals surface area contributed by atoms with Gasteiger partial charge in [-0.2, -0.15) is 0 Å². The number of phenols is 1. The van der Waals surface area contributed by atoms with Gasteiger partial charge in [0.25, 0.3) is 29.3 Å². The van der Waals surface area contributed by atoms with Crippen molar-refractivity contribution in [3.05, 3.63) is 117 Å². The molecule has 1 N–H and O–H groups in total. The van der Waals surface area contributed by atoms with Gasteiger partial charge in [0.05, 0.1) is 38.6 Å². The highest BCUT2D eigenvalue weighted by molar-refractivity contribution is 6.35. The van der Waals surface area contributed by atoms with Crippen LogP contribution >= 0.6 is 0 Å². The first kappa shape index (κ1) is 23.6. The summed E-state index contributed by atoms with van der Waals surface area (Å²) in [6.45, 7) is 0. The number of carbonyl (C=O) groups is 4. The van der Waals surface area contributed by atoms with E-state index in [1.807, 2.05) is 0 Å². The molecule has 0 atom stereocenters. The molecule has 2 aliphatic heterocycles. The molecule has 11 heteroatoms. The van der Waals surface area contributed by atoms with Crippen molar-refractivity contribution in [3.63, 3.8) is 0 Å². The fraction of sp³-hybridized carbons (Fsp3) is 0. The van der Waals surface area contributed by atoms with Crippen LogP contribution in [0.4, 0.5) is 17.1 Å². The topological polar surface area (TPSA) is 147 Å². The third-order valence-electron chi connectivity index (χ3n) is 6.34. The monoisotopic (exact) mass is 521 g/mol. The van der Waals surface area contributed by atoms with E-state index in [-0.39, 0.29) is 56.6 Å². The molecule has 0 fully saturated rings. The lowest BCUT2D eigenvalue weighted by Gasteiger charge is -2.15. The number of carbonyl (C=O) groups excluding carboxylic acids is 4. The van der Waals surface area contributed by atoms with E-state index < -0.39 is 28.6 Å². The number of aromatic hydroxyl groups is 1. The Bertz CT molecular complexity index is 1780. The second kappa shape index (κ2) is 8.63. The summed E-state index contributed by atoms with van der Waals surface area (Å²) in [7, 11) is 0. The zero-order chi connectivity index (χ0) is 27.4. The van der Waals surface area contributed by atoms with Gasteiger partial charge < -0.3 is 9.84 Å². The molecule has 4 amide bonds. The molecular weight excluding hydrogens is 506 g/mol. The fourth-order valence-corrected chi connectivity index (χ4v) is 4.55. The van der Waals surface area contributed by atoms with Crippen molar-refractivity contribution in [1.82, 2.24) is 0 Å². The Morgan fingerprint density at radius 2 is 1.15 bits per heavy atom. The van der Waals surface area contributed by atoms with E-state index in [0.29, 0.717) is 0 Å². The molecule has 190 valence electrons. The van der Waals surface area contributed by atoms with Crippen LogP contribution in [0.5, 0.6) is 17.2 Å². The van der Waals surface area contributed by atoms with Crippen LogP contribution in [-0.2, 0) is 0 Å². The number of fused-ring (bicyclic) bond motifs is 2. The summed E-state index contributed by atoms with van der Waals surface area (Å²) in [5, 5.41) is 20.8. The van der Waals surface area contributed by atoms with E-state index in [1.54, 1.807) is 12.1 Å². The standard InChI is InChI=1S/C28H15N3O8/c32-18-5-1-3-15(11-18)29-26(34)22-10-8-20(14-24(22)28(29)36)39-19-6-2-4-16(12-19)30-25(33)21-9-7-17(31(37)38)13-23(21)27(30)35/h1-14,32H. The van der Waals surface area contributed by atoms with Crippen LogP contribution < -0.4 is 14.5 Å². The van der Waals surface area contributed by atoms with Crippen molar-refractivity contribution in [3.8, 4) is 17.2 Å². The van der Waals surface area contributed by atoms with Gasteiger partial charge in [0, 0.05) is 24.3 Å². The molecule has 0 bridgehead atoms. The van der Waals surface area contributed by atoms with Crippen LogP contribution in [0.2, 0.25) is 0 Å². The minimum atomic E-state index is -0.704. The first-order valence-electron chi connectivity index (χ1n) is 11.5. The lowest BCUT2D eigenvalue weighted by atomic mass is 10.1. The highest BCUT2D eigenvalue weighted by Crippen LogP contribution is 2.36. The number of rotatable bonds is 5. The summed E-state index contributed by atoms with van der Waals surface area (Å²) in [6.07, 6.45) is 0. The number of non-ortho nitro benzene ring substituents is 1. The molecule has 0 aromatic heterocycles. The number of anilines is 2. The smallest absolute Gasteiger partial charge is 0.270 e. The van der Waals surface area contributed by atoms with Crippen molar-refractivity contribution in [2.24, 2.45) is 0 Å². The molecule has 0 saturated heterocycles. The van der Waals surface area contributed by atoms with Crippen molar-refractivity contribution < 1.29 is 33.9 Å². The van der Waals surface area contributed by atoms with Gasteiger partial charge in [-0.05, 0) is 48.5 Å². The van der Waals surface area contributed by atoms with Gasteiger partial charge in [-0.15, -0.1) is 0 Å². The SMILES string of the molecule is O=C1c2ccc(Oc3cccc(N4C(=O)c5ccc([N+](=O)[O-])cc5C4=O)c3)cc2C(=O)N1c1cccc(O)c1. The maximum Gasteiger partial charge on any atom is 0.270 e. The predicted molar refractivity (Wildman–Crippen MR) is 136 cm³/mol. The Morgan fingerprint density at radius 1 is 0.615 bits per heavy atom. The summed E-state index contributed by atoms with van der Waals surface area (Å²) in [5.74, 6) is -2.09. The summed E-state index contributed by atoms with van der Waals surface area (Å²) in [4.78, 5) is 64.1. The van der Waals surface area contributed by atoms with Crippen molar-refractivity contribution in [1.29, 1.82) is 0 Å². The summed E-state index contributed by atoms with van der Waals surface area (Å²) in [6, 6.07) is 19.7. The van der Waals surface area contributed by atoms with Crippen molar-refractivity contribution in [2.45, 2.75) is 0 Å². The summed E-state index contributed by atoms with van der Waals surface area (Å²) < 4.78 is 5.89. The lowest BCUT2D eigenvalue weighted by molar-refractivity contribution is -0.384. The lowest BCUT2D eigenvalue weighted by Crippen LogP contribution is -2.29. The van der Waals surface area contributed by atoms with Crippen molar-refractivity contribution in [2.75, 3.05) is 9.80 Å². The molecule has 6 rings (SSSR count). The molecule has 0 spiro atoms. The minimum Gasteiger partial charge on any atom is -0.508 e. The quantitative estimate of drug-likeness (QED) is 0.226. The molecule has 4 aromatic rings. The predicted octanol–water partition coefficient (Wildman–Crippen LogP) is 4.69. The molecule has 0 saturated carbocycles. The number of nitro benzene ring substituents is 1. The maximum absolute atomic E-state index is 13.0. The molecule has 4 aromatic carbocycles. The summed E-state index contributed by atoms with van der Waals surface area (Å²) in [5.41, 5.74) is 0.365. The zero-order valence-electron chi connectivity index (χ0n) is 19.7. The zero-order valence-corrected chi connectivity index (χ0v) is 19.7. The van der Waals surface area contributed by atoms with Gasteiger partial charge >= 0.3 is 0 Å². The average Bonchev–Trinajstić information content (AvgIpc) is 3.32. The molecule has 0 radical (unpaired) electrons. The van der Waals surface area contributed by atoms with Gasteiger partial charge in [0.15, 0.2) is 0 Å². The van der Waals surface area contributed by atoms with E-state index in [2.05, 4.69) is 0 Å². The van der Waals surface area contributed by atoms with Gasteiger partial charge in [0.1, 0.15) is 17.2 Å². The Morgan fingerprint density at radius 3 is 1.79 bits per heavy atom. The number of hydrogen-bond acceptors (Lipinski definition) is 8. The highest BCUT2D eigenvalue weighted by Gasteiger charge is 2.39. The minimum absolute atomic E-state index is 0.0509. The van der Waals surface area contributed by atoms with Crippen LogP contribution in [0, 0.1) is 10.1 Å². The molecule has 11 nitrogen and oxygen atoms in total. The third-order valence-corrected chi connectivity index (χ3v) is 6.34. The van der Waals surface area contributed by atoms with E-state index in [9.17, 15) is 34.4 Å². The van der Waals surface area contributed by atoms with Crippen LogP contribution in [-0.4, -0.2) is 33.7 Å². The molecular formula is C28H15N3O8.